The molecule has 0 bridgehead atoms. The van der Waals surface area contributed by atoms with Gasteiger partial charge in [0.2, 0.25) is 0 Å². The molecule has 65 heavy (non-hydrogen) atoms. The molecule has 2 aliphatic rings. The predicted octanol–water partition coefficient (Wildman–Crippen LogP) is 15.4. The summed E-state index contributed by atoms with van der Waals surface area (Å²) in [5, 5.41) is 14.5. The normalized spacial score (nSPS) is 15.0. The zero-order valence-electron chi connectivity index (χ0n) is 35.6. The minimum Gasteiger partial charge on any atom is -0.333 e. The molecule has 1 atom stereocenters. The molecule has 2 heterocycles. The largest absolute Gasteiger partial charge is 0.333 e. The highest BCUT2D eigenvalue weighted by molar-refractivity contribution is 6.12. The van der Waals surface area contributed by atoms with E-state index in [4.69, 9.17) is 0 Å². The van der Waals surface area contributed by atoms with Crippen molar-refractivity contribution in [2.75, 3.05) is 0 Å². The molecule has 0 aliphatic heterocycles. The lowest BCUT2D eigenvalue weighted by Crippen LogP contribution is -2.28. The van der Waals surface area contributed by atoms with Crippen LogP contribution < -0.4 is 0 Å². The molecule has 3 nitrogen and oxygen atoms in total. The van der Waals surface area contributed by atoms with Crippen molar-refractivity contribution in [2.24, 2.45) is 0 Å². The number of hydrogen-bond donors (Lipinski definition) is 0. The van der Waals surface area contributed by atoms with Crippen LogP contribution in [0.25, 0.3) is 77.1 Å². The smallest absolute Gasteiger partial charge is 0.0991 e. The topological polar surface area (TPSA) is 33.6 Å². The van der Waals surface area contributed by atoms with Gasteiger partial charge in [-0.15, -0.1) is 0 Å². The first kappa shape index (κ1) is 37.1. The molecule has 0 N–H and O–H groups in total. The summed E-state index contributed by atoms with van der Waals surface area (Å²) >= 11 is 0. The molecule has 2 aromatic heterocycles. The Bertz CT molecular complexity index is 3780. The molecule has 0 radical (unpaired) electrons. The zero-order chi connectivity index (χ0) is 43.1. The summed E-state index contributed by atoms with van der Waals surface area (Å²) in [6, 6.07) is 80.2. The van der Waals surface area contributed by atoms with Gasteiger partial charge in [-0.05, 0) is 123 Å². The van der Waals surface area contributed by atoms with Crippen LogP contribution in [-0.2, 0) is 5.41 Å². The number of hydrogen-bond acceptors (Lipinski definition) is 1. The Hall–Kier alpha value is -8.45. The van der Waals surface area contributed by atoms with Gasteiger partial charge in [0.05, 0.1) is 34.1 Å². The third-order valence-corrected chi connectivity index (χ3v) is 14.1. The maximum atomic E-state index is 9.49. The van der Waals surface area contributed by atoms with E-state index in [1.54, 1.807) is 0 Å². The predicted molar refractivity (Wildman–Crippen MR) is 268 cm³/mol. The molecule has 0 saturated heterocycles. The summed E-state index contributed by atoms with van der Waals surface area (Å²) in [4.78, 5) is 0. The Morgan fingerprint density at radius 2 is 1.06 bits per heavy atom. The van der Waals surface area contributed by atoms with Crippen molar-refractivity contribution in [3.8, 4) is 34.0 Å². The van der Waals surface area contributed by atoms with E-state index in [1.807, 2.05) is 18.2 Å². The van der Waals surface area contributed by atoms with Gasteiger partial charge in [0.25, 0.3) is 0 Å². The molecule has 1 unspecified atom stereocenters. The Balaban J connectivity index is 0.934. The molecular weight excluding hydrogens is 787 g/mol. The van der Waals surface area contributed by atoms with Gasteiger partial charge in [-0.25, -0.2) is 0 Å². The SMILES string of the molecule is N#Cc1cccc(C2=CCC(n3c4ccccc4c4cc(-c5ccc6c(c5)c5ccccc5n6-c5ccc6c(c5)C(c5ccccc5)(c5ccccc5)c5ccccc5-6)ccc43)C=C2)c1. The molecule has 0 saturated carbocycles. The van der Waals surface area contributed by atoms with Gasteiger partial charge >= 0.3 is 0 Å². The van der Waals surface area contributed by atoms with E-state index in [-0.39, 0.29) is 6.04 Å². The molecule has 11 aromatic rings. The average Bonchev–Trinajstić information content (AvgIpc) is 4.00. The van der Waals surface area contributed by atoms with Gasteiger partial charge in [-0.3, -0.25) is 0 Å². The highest BCUT2D eigenvalue weighted by atomic mass is 15.0. The van der Waals surface area contributed by atoms with Crippen LogP contribution in [-0.4, -0.2) is 9.13 Å². The zero-order valence-corrected chi connectivity index (χ0v) is 35.6. The summed E-state index contributed by atoms with van der Waals surface area (Å²) in [6.07, 6.45) is 7.72. The van der Waals surface area contributed by atoms with E-state index in [0.29, 0.717) is 5.56 Å². The molecule has 13 rings (SSSR count). The van der Waals surface area contributed by atoms with Crippen LogP contribution in [0.4, 0.5) is 0 Å². The molecule has 0 spiro atoms. The fourth-order valence-corrected chi connectivity index (χ4v) is 11.3. The number of nitriles is 1. The lowest BCUT2D eigenvalue weighted by atomic mass is 9.67. The van der Waals surface area contributed by atoms with Crippen molar-refractivity contribution in [2.45, 2.75) is 17.9 Å². The molecule has 2 aliphatic carbocycles. The van der Waals surface area contributed by atoms with E-state index < -0.39 is 5.41 Å². The number of aromatic nitrogens is 2. The van der Waals surface area contributed by atoms with E-state index in [1.165, 1.54) is 88.1 Å². The highest BCUT2D eigenvalue weighted by Crippen LogP contribution is 2.56. The number of benzene rings is 9. The molecule has 0 fully saturated rings. The minimum atomic E-state index is -0.476. The summed E-state index contributed by atoms with van der Waals surface area (Å²) in [5.41, 5.74) is 18.5. The van der Waals surface area contributed by atoms with Crippen LogP contribution in [0, 0.1) is 11.3 Å². The summed E-state index contributed by atoms with van der Waals surface area (Å²) in [5.74, 6) is 0. The van der Waals surface area contributed by atoms with Crippen LogP contribution in [0.15, 0.2) is 231 Å². The second-order valence-electron chi connectivity index (χ2n) is 17.5. The lowest BCUT2D eigenvalue weighted by molar-refractivity contribution is 0.649. The second kappa shape index (κ2) is 14.6. The average molecular weight is 828 g/mol. The first-order chi connectivity index (χ1) is 32.2. The Morgan fingerprint density at radius 1 is 0.462 bits per heavy atom. The maximum Gasteiger partial charge on any atom is 0.0991 e. The Morgan fingerprint density at radius 3 is 1.78 bits per heavy atom. The van der Waals surface area contributed by atoms with E-state index in [2.05, 4.69) is 228 Å². The standard InChI is InChI=1S/C62H41N3/c63-40-41-14-13-15-43(36-41)42-26-30-48(31-27-42)64-58-24-11-8-21-52(58)54-37-44(28-34-60(54)64)45-29-35-61-55(38-45)53-22-9-12-25-59(53)65(61)49-32-33-51-50-20-7-10-23-56(50)62(57(51)39-49,46-16-3-1-4-17-46)47-18-5-2-6-19-47/h1-30,32-39,48H,31H2. The molecule has 304 valence electrons. The first-order valence-electron chi connectivity index (χ1n) is 22.5. The van der Waals surface area contributed by atoms with Gasteiger partial charge in [0.15, 0.2) is 0 Å². The van der Waals surface area contributed by atoms with Crippen molar-refractivity contribution in [1.29, 1.82) is 5.26 Å². The van der Waals surface area contributed by atoms with Gasteiger partial charge in [-0.2, -0.15) is 5.26 Å². The monoisotopic (exact) mass is 827 g/mol. The van der Waals surface area contributed by atoms with Crippen LogP contribution in [0.3, 0.4) is 0 Å². The number of allylic oxidation sites excluding steroid dienone is 4. The Kier molecular flexibility index (Phi) is 8.32. The summed E-state index contributed by atoms with van der Waals surface area (Å²) in [7, 11) is 0. The fourth-order valence-electron chi connectivity index (χ4n) is 11.3. The van der Waals surface area contributed by atoms with Crippen molar-refractivity contribution in [3.05, 3.63) is 264 Å². The van der Waals surface area contributed by atoms with Crippen LogP contribution in [0.5, 0.6) is 0 Å². The number of nitrogens with zero attached hydrogens (tertiary/aromatic N) is 3. The van der Waals surface area contributed by atoms with Crippen LogP contribution >= 0.6 is 0 Å². The van der Waals surface area contributed by atoms with Crippen LogP contribution in [0.1, 0.15) is 45.8 Å². The van der Waals surface area contributed by atoms with Crippen molar-refractivity contribution < 1.29 is 0 Å². The number of fused-ring (bicyclic) bond motifs is 9. The van der Waals surface area contributed by atoms with Gasteiger partial charge in [-0.1, -0.05) is 170 Å². The fraction of sp³-hybridized carbons (Fsp3) is 0.0484. The number of para-hydroxylation sites is 2. The third kappa shape index (κ3) is 5.54. The van der Waals surface area contributed by atoms with Crippen molar-refractivity contribution in [1.82, 2.24) is 9.13 Å². The van der Waals surface area contributed by atoms with E-state index in [9.17, 15) is 5.26 Å². The molecule has 3 heteroatoms. The summed E-state index contributed by atoms with van der Waals surface area (Å²) < 4.78 is 4.97. The van der Waals surface area contributed by atoms with Crippen molar-refractivity contribution >= 4 is 49.2 Å². The van der Waals surface area contributed by atoms with Gasteiger partial charge in [0, 0.05) is 38.3 Å². The minimum absolute atomic E-state index is 0.174. The van der Waals surface area contributed by atoms with E-state index in [0.717, 1.165) is 23.2 Å². The van der Waals surface area contributed by atoms with Crippen molar-refractivity contribution in [3.63, 3.8) is 0 Å². The number of rotatable bonds is 6. The van der Waals surface area contributed by atoms with Gasteiger partial charge in [0.1, 0.15) is 0 Å². The Labute approximate surface area is 377 Å². The highest BCUT2D eigenvalue weighted by Gasteiger charge is 2.46. The lowest BCUT2D eigenvalue weighted by Gasteiger charge is -2.34. The second-order valence-corrected chi connectivity index (χ2v) is 17.5. The quantitative estimate of drug-likeness (QED) is 0.164. The molecular formula is C62H41N3. The maximum absolute atomic E-state index is 9.49. The van der Waals surface area contributed by atoms with Gasteiger partial charge < -0.3 is 9.13 Å². The van der Waals surface area contributed by atoms with Crippen LogP contribution in [0.2, 0.25) is 0 Å². The molecule has 9 aromatic carbocycles. The molecule has 0 amide bonds. The first-order valence-corrected chi connectivity index (χ1v) is 22.5. The van der Waals surface area contributed by atoms with E-state index >= 15 is 0 Å². The third-order valence-electron chi connectivity index (χ3n) is 14.1. The summed E-state index contributed by atoms with van der Waals surface area (Å²) in [6.45, 7) is 0.